The monoisotopic (exact) mass is 448 g/mol. The zero-order valence-corrected chi connectivity index (χ0v) is 18.1. The molecule has 0 aromatic heterocycles. The van der Waals surface area contributed by atoms with Gasteiger partial charge in [-0.2, -0.15) is 0 Å². The maximum Gasteiger partial charge on any atom is 0.325 e. The Balaban J connectivity index is 1.28. The number of hydrogen-bond acceptors (Lipinski definition) is 6. The quantitative estimate of drug-likeness (QED) is 0.563. The third-order valence-electron chi connectivity index (χ3n) is 5.97. The van der Waals surface area contributed by atoms with Gasteiger partial charge in [0, 0.05) is 5.39 Å². The first-order valence-electron chi connectivity index (χ1n) is 10.8. The number of carbonyl (C=O) groups is 2. The molecule has 170 valence electrons. The van der Waals surface area contributed by atoms with Crippen LogP contribution in [0.15, 0.2) is 60.7 Å². The van der Waals surface area contributed by atoms with E-state index in [9.17, 15) is 14.7 Å². The summed E-state index contributed by atoms with van der Waals surface area (Å²) in [5.41, 5.74) is -0.697. The Morgan fingerprint density at radius 3 is 2.67 bits per heavy atom. The van der Waals surface area contributed by atoms with Crippen LogP contribution >= 0.6 is 0 Å². The standard InChI is InChI=1S/C25H24N2O6/c1-25(17-9-10-21-22(13-17)32-12-11-31-21)23(29)27(24(30)26-25)14-18(28)15-33-20-8-4-6-16-5-2-3-7-19(16)20/h2-10,13,18,28H,11-12,14-15H2,1H3,(H,26,30)/t18-,25-/m1/s1. The molecule has 0 radical (unpaired) electrons. The predicted octanol–water partition coefficient (Wildman–Crippen LogP) is 2.82. The fourth-order valence-electron chi connectivity index (χ4n) is 4.18. The number of ether oxygens (including phenoxy) is 3. The van der Waals surface area contributed by atoms with Crippen molar-refractivity contribution in [2.24, 2.45) is 0 Å². The maximum absolute atomic E-state index is 13.2. The molecule has 3 aromatic rings. The first kappa shape index (κ1) is 21.1. The summed E-state index contributed by atoms with van der Waals surface area (Å²) in [4.78, 5) is 26.9. The Bertz CT molecular complexity index is 1220. The van der Waals surface area contributed by atoms with E-state index in [0.717, 1.165) is 15.7 Å². The Labute approximate surface area is 190 Å². The number of hydrogen-bond donors (Lipinski definition) is 2. The number of fused-ring (bicyclic) bond motifs is 2. The fraction of sp³-hybridized carbons (Fsp3) is 0.280. The number of aliphatic hydroxyl groups excluding tert-OH is 1. The molecule has 1 saturated heterocycles. The molecule has 0 unspecified atom stereocenters. The molecule has 0 spiro atoms. The van der Waals surface area contributed by atoms with Gasteiger partial charge in [-0.15, -0.1) is 0 Å². The highest BCUT2D eigenvalue weighted by Gasteiger charge is 2.49. The SMILES string of the molecule is C[C@]1(c2ccc3c(c2)OCCO3)NC(=O)N(C[C@@H](O)COc2cccc3ccccc23)C1=O. The van der Waals surface area contributed by atoms with Gasteiger partial charge in [0.1, 0.15) is 37.2 Å². The summed E-state index contributed by atoms with van der Waals surface area (Å²) in [5, 5.41) is 15.2. The summed E-state index contributed by atoms with van der Waals surface area (Å²) in [6, 6.07) is 18.0. The van der Waals surface area contributed by atoms with Gasteiger partial charge in [0.15, 0.2) is 11.5 Å². The topological polar surface area (TPSA) is 97.3 Å². The average Bonchev–Trinajstić information content (AvgIpc) is 3.06. The molecule has 8 nitrogen and oxygen atoms in total. The fourth-order valence-corrected chi connectivity index (χ4v) is 4.18. The van der Waals surface area contributed by atoms with Crippen molar-refractivity contribution in [2.75, 3.05) is 26.4 Å². The third-order valence-corrected chi connectivity index (χ3v) is 5.97. The minimum Gasteiger partial charge on any atom is -0.490 e. The number of rotatable bonds is 6. The minimum absolute atomic E-state index is 0.0637. The normalized spacial score (nSPS) is 20.6. The number of β-amino-alcohol motifs (C(OH)–C–C–N with tert-alkyl or cyclic N) is 1. The third kappa shape index (κ3) is 3.82. The van der Waals surface area contributed by atoms with Gasteiger partial charge in [-0.3, -0.25) is 9.69 Å². The van der Waals surface area contributed by atoms with Gasteiger partial charge in [0.25, 0.3) is 5.91 Å². The highest BCUT2D eigenvalue weighted by molar-refractivity contribution is 6.07. The van der Waals surface area contributed by atoms with Crippen LogP contribution in [0.25, 0.3) is 10.8 Å². The number of nitrogens with one attached hydrogen (secondary N) is 1. The molecule has 8 heteroatoms. The number of imide groups is 1. The molecule has 3 amide bonds. The van der Waals surface area contributed by atoms with Gasteiger partial charge in [0.2, 0.25) is 0 Å². The number of carbonyl (C=O) groups excluding carboxylic acids is 2. The zero-order chi connectivity index (χ0) is 23.0. The first-order valence-corrected chi connectivity index (χ1v) is 10.8. The van der Waals surface area contributed by atoms with E-state index in [0.29, 0.717) is 36.0 Å². The van der Waals surface area contributed by atoms with Crippen LogP contribution in [0, 0.1) is 0 Å². The van der Waals surface area contributed by atoms with Crippen LogP contribution in [0.5, 0.6) is 17.2 Å². The van der Waals surface area contributed by atoms with Gasteiger partial charge >= 0.3 is 6.03 Å². The lowest BCUT2D eigenvalue weighted by atomic mass is 9.91. The molecule has 2 heterocycles. The van der Waals surface area contributed by atoms with Crippen LogP contribution in [0.2, 0.25) is 0 Å². The molecule has 2 aliphatic heterocycles. The molecule has 2 atom stereocenters. The smallest absolute Gasteiger partial charge is 0.325 e. The van der Waals surface area contributed by atoms with E-state index >= 15 is 0 Å². The molecule has 2 N–H and O–H groups in total. The van der Waals surface area contributed by atoms with Gasteiger partial charge in [0.05, 0.1) is 6.54 Å². The van der Waals surface area contributed by atoms with Crippen molar-refractivity contribution >= 4 is 22.7 Å². The molecule has 33 heavy (non-hydrogen) atoms. The molecule has 0 bridgehead atoms. The summed E-state index contributed by atoms with van der Waals surface area (Å²) in [6.07, 6.45) is -1.05. The molecule has 3 aromatic carbocycles. The Morgan fingerprint density at radius 2 is 1.82 bits per heavy atom. The number of amides is 3. The Kier molecular flexibility index (Phi) is 5.30. The predicted molar refractivity (Wildman–Crippen MR) is 120 cm³/mol. The van der Waals surface area contributed by atoms with Crippen molar-refractivity contribution in [2.45, 2.75) is 18.6 Å². The average molecular weight is 448 g/mol. The number of benzene rings is 3. The lowest BCUT2D eigenvalue weighted by molar-refractivity contribution is -0.132. The maximum atomic E-state index is 13.2. The highest BCUT2D eigenvalue weighted by Crippen LogP contribution is 2.37. The van der Waals surface area contributed by atoms with Crippen LogP contribution < -0.4 is 19.5 Å². The van der Waals surface area contributed by atoms with Crippen molar-refractivity contribution in [1.29, 1.82) is 0 Å². The van der Waals surface area contributed by atoms with E-state index in [1.54, 1.807) is 25.1 Å². The number of aliphatic hydroxyl groups is 1. The van der Waals surface area contributed by atoms with E-state index < -0.39 is 23.6 Å². The van der Waals surface area contributed by atoms with E-state index in [-0.39, 0.29) is 13.2 Å². The summed E-state index contributed by atoms with van der Waals surface area (Å²) >= 11 is 0. The molecular weight excluding hydrogens is 424 g/mol. The van der Waals surface area contributed by atoms with Gasteiger partial charge < -0.3 is 24.6 Å². The van der Waals surface area contributed by atoms with Crippen molar-refractivity contribution in [3.05, 3.63) is 66.2 Å². The zero-order valence-electron chi connectivity index (χ0n) is 18.1. The summed E-state index contributed by atoms with van der Waals surface area (Å²) < 4.78 is 16.9. The molecule has 0 saturated carbocycles. The second-order valence-corrected chi connectivity index (χ2v) is 8.27. The van der Waals surface area contributed by atoms with Crippen molar-refractivity contribution in [3.8, 4) is 17.2 Å². The van der Waals surface area contributed by atoms with Crippen LogP contribution in [-0.4, -0.2) is 54.4 Å². The Morgan fingerprint density at radius 1 is 1.06 bits per heavy atom. The molecular formula is C25H24N2O6. The molecule has 5 rings (SSSR count). The minimum atomic E-state index is -1.27. The van der Waals surface area contributed by atoms with Crippen LogP contribution in [0.3, 0.4) is 0 Å². The number of nitrogens with zero attached hydrogens (tertiary/aromatic N) is 1. The lowest BCUT2D eigenvalue weighted by Crippen LogP contribution is -2.42. The Hall–Kier alpha value is -3.78. The number of urea groups is 1. The van der Waals surface area contributed by atoms with Crippen molar-refractivity contribution < 1.29 is 28.9 Å². The van der Waals surface area contributed by atoms with E-state index in [1.807, 2.05) is 42.5 Å². The summed E-state index contributed by atoms with van der Waals surface area (Å²) in [7, 11) is 0. The van der Waals surface area contributed by atoms with E-state index in [4.69, 9.17) is 14.2 Å². The summed E-state index contributed by atoms with van der Waals surface area (Å²) in [5.74, 6) is 1.31. The second kappa shape index (κ2) is 8.29. The highest BCUT2D eigenvalue weighted by atomic mass is 16.6. The largest absolute Gasteiger partial charge is 0.490 e. The lowest BCUT2D eigenvalue weighted by Gasteiger charge is -2.25. The van der Waals surface area contributed by atoms with Crippen molar-refractivity contribution in [1.82, 2.24) is 10.2 Å². The van der Waals surface area contributed by atoms with E-state index in [2.05, 4.69) is 5.32 Å². The van der Waals surface area contributed by atoms with Gasteiger partial charge in [-0.25, -0.2) is 4.79 Å². The second-order valence-electron chi connectivity index (χ2n) is 8.27. The van der Waals surface area contributed by atoms with E-state index in [1.165, 1.54) is 0 Å². The van der Waals surface area contributed by atoms with Crippen molar-refractivity contribution in [3.63, 3.8) is 0 Å². The van der Waals surface area contributed by atoms with Crippen LogP contribution in [0.4, 0.5) is 4.79 Å². The first-order chi connectivity index (χ1) is 16.0. The molecule has 1 fully saturated rings. The molecule has 2 aliphatic rings. The molecule has 0 aliphatic carbocycles. The van der Waals surface area contributed by atoms with Gasteiger partial charge in [-0.05, 0) is 36.1 Å². The van der Waals surface area contributed by atoms with Gasteiger partial charge in [-0.1, -0.05) is 42.5 Å². The van der Waals surface area contributed by atoms with Crippen LogP contribution in [-0.2, 0) is 10.3 Å². The summed E-state index contributed by atoms with van der Waals surface area (Å²) in [6.45, 7) is 2.27. The van der Waals surface area contributed by atoms with Crippen LogP contribution in [0.1, 0.15) is 12.5 Å².